The molecule has 1 aromatic heterocycles. The van der Waals surface area contributed by atoms with E-state index in [0.29, 0.717) is 5.92 Å². The minimum atomic E-state index is -0.726. The summed E-state index contributed by atoms with van der Waals surface area (Å²) in [5.74, 6) is 4.26. The molecule has 1 aliphatic rings. The molecule has 86 valence electrons. The van der Waals surface area contributed by atoms with E-state index in [2.05, 4.69) is 15.7 Å². The number of aromatic nitrogens is 1. The van der Waals surface area contributed by atoms with Gasteiger partial charge in [-0.1, -0.05) is 6.92 Å². The van der Waals surface area contributed by atoms with E-state index in [1.807, 2.05) is 6.92 Å². The highest BCUT2D eigenvalue weighted by atomic mass is 19.1. The van der Waals surface area contributed by atoms with Crippen LogP contribution in [0.5, 0.6) is 0 Å². The first kappa shape index (κ1) is 10.8. The number of nitrogens with zero attached hydrogens (tertiary/aromatic N) is 1. The standard InChI is InChI=1S/C10H13FN4O/c1-5-4-7(5)14-10(16)6-2-3-13-9(15-12)8(6)11/h2-3,5,7H,4,12H2,1H3,(H,13,15)(H,14,16). The average molecular weight is 224 g/mol. The van der Waals surface area contributed by atoms with Crippen LogP contribution in [0.15, 0.2) is 12.3 Å². The van der Waals surface area contributed by atoms with Crippen molar-refractivity contribution in [2.45, 2.75) is 19.4 Å². The lowest BCUT2D eigenvalue weighted by Crippen LogP contribution is -2.28. The maximum atomic E-state index is 13.6. The zero-order valence-corrected chi connectivity index (χ0v) is 8.83. The molecule has 1 heterocycles. The van der Waals surface area contributed by atoms with Crippen LogP contribution in [0.4, 0.5) is 10.2 Å². The van der Waals surface area contributed by atoms with E-state index < -0.39 is 11.7 Å². The smallest absolute Gasteiger partial charge is 0.254 e. The van der Waals surface area contributed by atoms with Crippen molar-refractivity contribution >= 4 is 11.7 Å². The van der Waals surface area contributed by atoms with Crippen molar-refractivity contribution in [2.75, 3.05) is 5.43 Å². The fourth-order valence-corrected chi connectivity index (χ4v) is 1.49. The quantitative estimate of drug-likeness (QED) is 0.520. The second-order valence-corrected chi connectivity index (χ2v) is 3.96. The van der Waals surface area contributed by atoms with Crippen LogP contribution in [-0.2, 0) is 0 Å². The van der Waals surface area contributed by atoms with Crippen LogP contribution in [0.1, 0.15) is 23.7 Å². The van der Waals surface area contributed by atoms with Crippen LogP contribution >= 0.6 is 0 Å². The predicted octanol–water partition coefficient (Wildman–Crippen LogP) is 0.644. The number of nitrogens with two attached hydrogens (primary N) is 1. The normalized spacial score (nSPS) is 22.7. The van der Waals surface area contributed by atoms with Gasteiger partial charge in [0, 0.05) is 12.2 Å². The highest BCUT2D eigenvalue weighted by molar-refractivity contribution is 5.95. The monoisotopic (exact) mass is 224 g/mol. The van der Waals surface area contributed by atoms with Crippen LogP contribution in [0, 0.1) is 11.7 Å². The molecule has 2 rings (SSSR count). The van der Waals surface area contributed by atoms with E-state index in [-0.39, 0.29) is 17.4 Å². The maximum Gasteiger partial charge on any atom is 0.254 e. The van der Waals surface area contributed by atoms with Crippen molar-refractivity contribution < 1.29 is 9.18 Å². The molecule has 5 nitrogen and oxygen atoms in total. The molecule has 0 aromatic carbocycles. The number of hydrazine groups is 1. The third-order valence-corrected chi connectivity index (χ3v) is 2.70. The molecular formula is C10H13FN4O. The number of pyridine rings is 1. The van der Waals surface area contributed by atoms with Gasteiger partial charge in [-0.05, 0) is 18.4 Å². The summed E-state index contributed by atoms with van der Waals surface area (Å²) in [5.41, 5.74) is 2.06. The molecule has 2 atom stereocenters. The molecule has 0 radical (unpaired) electrons. The molecule has 0 aliphatic heterocycles. The fourth-order valence-electron chi connectivity index (χ4n) is 1.49. The van der Waals surface area contributed by atoms with Gasteiger partial charge in [-0.3, -0.25) is 4.79 Å². The number of amides is 1. The Kier molecular flexibility index (Phi) is 2.74. The number of halogens is 1. The minimum Gasteiger partial charge on any atom is -0.349 e. The van der Waals surface area contributed by atoms with Gasteiger partial charge in [0.1, 0.15) is 0 Å². The molecule has 0 bridgehead atoms. The Bertz CT molecular complexity index is 423. The first-order valence-electron chi connectivity index (χ1n) is 5.05. The number of hydrogen-bond donors (Lipinski definition) is 3. The molecule has 1 aromatic rings. The number of anilines is 1. The van der Waals surface area contributed by atoms with Crippen LogP contribution in [0.3, 0.4) is 0 Å². The number of carbonyl (C=O) groups excluding carboxylic acids is 1. The number of nitrogen functional groups attached to an aromatic ring is 1. The summed E-state index contributed by atoms with van der Waals surface area (Å²) >= 11 is 0. The highest BCUT2D eigenvalue weighted by Crippen LogP contribution is 2.29. The zero-order chi connectivity index (χ0) is 11.7. The van der Waals surface area contributed by atoms with Gasteiger partial charge >= 0.3 is 0 Å². The summed E-state index contributed by atoms with van der Waals surface area (Å²) in [7, 11) is 0. The summed E-state index contributed by atoms with van der Waals surface area (Å²) in [6, 6.07) is 1.49. The highest BCUT2D eigenvalue weighted by Gasteiger charge is 2.34. The molecule has 1 amide bonds. The Labute approximate surface area is 92.2 Å². The Morgan fingerprint density at radius 2 is 2.38 bits per heavy atom. The SMILES string of the molecule is CC1CC1NC(=O)c1ccnc(NN)c1F. The van der Waals surface area contributed by atoms with Gasteiger partial charge in [0.2, 0.25) is 0 Å². The Morgan fingerprint density at radius 3 is 2.94 bits per heavy atom. The molecular weight excluding hydrogens is 211 g/mol. The van der Waals surface area contributed by atoms with Gasteiger partial charge in [0.15, 0.2) is 11.6 Å². The molecule has 0 saturated heterocycles. The first-order chi connectivity index (χ1) is 7.63. The number of rotatable bonds is 3. The van der Waals surface area contributed by atoms with Gasteiger partial charge in [-0.25, -0.2) is 15.2 Å². The van der Waals surface area contributed by atoms with Crippen LogP contribution in [0.25, 0.3) is 0 Å². The van der Waals surface area contributed by atoms with E-state index >= 15 is 0 Å². The van der Waals surface area contributed by atoms with E-state index in [4.69, 9.17) is 5.84 Å². The molecule has 6 heteroatoms. The van der Waals surface area contributed by atoms with E-state index in [9.17, 15) is 9.18 Å². The molecule has 4 N–H and O–H groups in total. The minimum absolute atomic E-state index is 0.0398. The summed E-state index contributed by atoms with van der Waals surface area (Å²) in [6.07, 6.45) is 2.28. The van der Waals surface area contributed by atoms with Crippen molar-refractivity contribution in [1.82, 2.24) is 10.3 Å². The average Bonchev–Trinajstić information content (AvgIpc) is 2.94. The Balaban J connectivity index is 2.16. The third-order valence-electron chi connectivity index (χ3n) is 2.70. The Hall–Kier alpha value is -1.69. The first-order valence-corrected chi connectivity index (χ1v) is 5.05. The van der Waals surface area contributed by atoms with Gasteiger partial charge < -0.3 is 10.7 Å². The lowest BCUT2D eigenvalue weighted by atomic mass is 10.2. The van der Waals surface area contributed by atoms with Gasteiger partial charge in [-0.15, -0.1) is 0 Å². The number of nitrogens with one attached hydrogen (secondary N) is 2. The number of carbonyl (C=O) groups is 1. The van der Waals surface area contributed by atoms with Gasteiger partial charge in [-0.2, -0.15) is 0 Å². The van der Waals surface area contributed by atoms with Gasteiger partial charge in [0.25, 0.3) is 5.91 Å². The van der Waals surface area contributed by atoms with Crippen molar-refractivity contribution in [1.29, 1.82) is 0 Å². The van der Waals surface area contributed by atoms with Crippen molar-refractivity contribution in [3.05, 3.63) is 23.6 Å². The molecule has 0 spiro atoms. The topological polar surface area (TPSA) is 80.0 Å². The summed E-state index contributed by atoms with van der Waals surface area (Å²) in [6.45, 7) is 2.03. The molecule has 16 heavy (non-hydrogen) atoms. The predicted molar refractivity (Wildman–Crippen MR) is 57.0 cm³/mol. The molecule has 1 saturated carbocycles. The molecule has 2 unspecified atom stereocenters. The van der Waals surface area contributed by atoms with Crippen molar-refractivity contribution in [3.8, 4) is 0 Å². The number of hydrogen-bond acceptors (Lipinski definition) is 4. The van der Waals surface area contributed by atoms with Crippen molar-refractivity contribution in [3.63, 3.8) is 0 Å². The van der Waals surface area contributed by atoms with E-state index in [1.54, 1.807) is 0 Å². The summed E-state index contributed by atoms with van der Waals surface area (Å²) in [4.78, 5) is 15.3. The van der Waals surface area contributed by atoms with Crippen LogP contribution in [0.2, 0.25) is 0 Å². The zero-order valence-electron chi connectivity index (χ0n) is 8.83. The van der Waals surface area contributed by atoms with E-state index in [1.165, 1.54) is 12.3 Å². The fraction of sp³-hybridized carbons (Fsp3) is 0.400. The lowest BCUT2D eigenvalue weighted by molar-refractivity contribution is 0.0945. The van der Waals surface area contributed by atoms with Crippen LogP contribution < -0.4 is 16.6 Å². The third kappa shape index (κ3) is 1.96. The largest absolute Gasteiger partial charge is 0.349 e. The second-order valence-electron chi connectivity index (χ2n) is 3.96. The van der Waals surface area contributed by atoms with E-state index in [0.717, 1.165) is 6.42 Å². The lowest BCUT2D eigenvalue weighted by Gasteiger charge is -2.07. The maximum absolute atomic E-state index is 13.6. The Morgan fingerprint density at radius 1 is 1.69 bits per heavy atom. The van der Waals surface area contributed by atoms with Gasteiger partial charge in [0.05, 0.1) is 5.56 Å². The summed E-state index contributed by atoms with van der Waals surface area (Å²) in [5, 5.41) is 2.74. The van der Waals surface area contributed by atoms with Crippen LogP contribution in [-0.4, -0.2) is 16.9 Å². The molecule has 1 aliphatic carbocycles. The summed E-state index contributed by atoms with van der Waals surface area (Å²) < 4.78 is 13.6. The van der Waals surface area contributed by atoms with Crippen molar-refractivity contribution in [2.24, 2.45) is 11.8 Å². The second kappa shape index (κ2) is 4.05. The molecule has 1 fully saturated rings.